The summed E-state index contributed by atoms with van der Waals surface area (Å²) < 4.78 is 6.71. The van der Waals surface area contributed by atoms with Crippen molar-refractivity contribution in [1.29, 1.82) is 0 Å². The molecule has 1 nitrogen and oxygen atoms in total. The molecule has 2 aromatic carbocycles. The van der Waals surface area contributed by atoms with Crippen LogP contribution in [0, 0.1) is 0 Å². The molecule has 0 aromatic heterocycles. The summed E-state index contributed by atoms with van der Waals surface area (Å²) >= 11 is 10.2. The Hall–Kier alpha value is -0.990. The van der Waals surface area contributed by atoms with E-state index in [0.29, 0.717) is 6.61 Å². The summed E-state index contributed by atoms with van der Waals surface area (Å²) in [4.78, 5) is 0. The van der Waals surface area contributed by atoms with Crippen LogP contribution in [0.4, 0.5) is 0 Å². The maximum atomic E-state index is 6.73. The highest BCUT2D eigenvalue weighted by Gasteiger charge is 2.18. The van der Waals surface area contributed by atoms with Crippen LogP contribution in [0.25, 0.3) is 0 Å². The minimum absolute atomic E-state index is 0.204. The lowest BCUT2D eigenvalue weighted by molar-refractivity contribution is 0.337. The molecule has 0 saturated heterocycles. The van der Waals surface area contributed by atoms with Crippen molar-refractivity contribution < 1.29 is 4.74 Å². The van der Waals surface area contributed by atoms with Gasteiger partial charge in [-0.05, 0) is 42.7 Å². The first kappa shape index (κ1) is 15.4. The third-order valence-electron chi connectivity index (χ3n) is 3.25. The van der Waals surface area contributed by atoms with Crippen molar-refractivity contribution in [2.24, 2.45) is 0 Å². The van der Waals surface area contributed by atoms with Gasteiger partial charge in [-0.2, -0.15) is 0 Å². The summed E-state index contributed by atoms with van der Waals surface area (Å²) in [7, 11) is 0. The van der Waals surface area contributed by atoms with Crippen molar-refractivity contribution in [1.82, 2.24) is 0 Å². The highest BCUT2D eigenvalue weighted by Crippen LogP contribution is 2.38. The van der Waals surface area contributed by atoms with Gasteiger partial charge in [-0.3, -0.25) is 0 Å². The van der Waals surface area contributed by atoms with Gasteiger partial charge in [0.25, 0.3) is 0 Å². The molecule has 0 aliphatic rings. The van der Waals surface area contributed by atoms with E-state index < -0.39 is 0 Å². The van der Waals surface area contributed by atoms with Crippen molar-refractivity contribution >= 4 is 27.5 Å². The largest absolute Gasteiger partial charge is 0.494 e. The smallest absolute Gasteiger partial charge is 0.124 e. The topological polar surface area (TPSA) is 9.23 Å². The Labute approximate surface area is 134 Å². The molecule has 0 bridgehead atoms. The number of hydrogen-bond donors (Lipinski definition) is 0. The number of ether oxygens (including phenoxy) is 1. The number of benzene rings is 2. The first-order chi connectivity index (χ1) is 9.67. The van der Waals surface area contributed by atoms with E-state index in [2.05, 4.69) is 41.1 Å². The van der Waals surface area contributed by atoms with Crippen molar-refractivity contribution in [2.45, 2.75) is 25.6 Å². The maximum absolute atomic E-state index is 6.73. The second kappa shape index (κ2) is 7.14. The lowest BCUT2D eigenvalue weighted by Gasteiger charge is -2.18. The van der Waals surface area contributed by atoms with Gasteiger partial charge < -0.3 is 4.74 Å². The van der Waals surface area contributed by atoms with E-state index in [1.54, 1.807) is 0 Å². The average molecular weight is 354 g/mol. The highest BCUT2D eigenvalue weighted by molar-refractivity contribution is 9.10. The van der Waals surface area contributed by atoms with Gasteiger partial charge in [0, 0.05) is 10.0 Å². The van der Waals surface area contributed by atoms with Gasteiger partial charge in [-0.25, -0.2) is 0 Å². The summed E-state index contributed by atoms with van der Waals surface area (Å²) in [5.41, 5.74) is 3.43. The summed E-state index contributed by atoms with van der Waals surface area (Å²) in [6.07, 6.45) is 0.970. The molecule has 106 valence electrons. The Balaban J connectivity index is 2.46. The molecule has 0 radical (unpaired) electrons. The lowest BCUT2D eigenvalue weighted by Crippen LogP contribution is -2.02. The van der Waals surface area contributed by atoms with Gasteiger partial charge in [-0.1, -0.05) is 47.1 Å². The molecule has 0 fully saturated rings. The Morgan fingerprint density at radius 3 is 2.55 bits per heavy atom. The molecule has 20 heavy (non-hydrogen) atoms. The molecular weight excluding hydrogens is 336 g/mol. The molecule has 0 aliphatic heterocycles. The molecule has 1 atom stereocenters. The van der Waals surface area contributed by atoms with E-state index in [4.69, 9.17) is 16.3 Å². The summed E-state index contributed by atoms with van der Waals surface area (Å²) in [6, 6.07) is 14.3. The lowest BCUT2D eigenvalue weighted by atomic mass is 9.97. The van der Waals surface area contributed by atoms with E-state index in [-0.39, 0.29) is 5.38 Å². The fourth-order valence-corrected chi connectivity index (χ4v) is 3.04. The second-order valence-electron chi connectivity index (χ2n) is 4.53. The van der Waals surface area contributed by atoms with Gasteiger partial charge in [0.1, 0.15) is 5.75 Å². The molecule has 3 heteroatoms. The Morgan fingerprint density at radius 2 is 1.85 bits per heavy atom. The third kappa shape index (κ3) is 3.36. The number of alkyl halides is 1. The number of hydrogen-bond acceptors (Lipinski definition) is 1. The number of aryl methyl sites for hydroxylation is 1. The predicted octanol–water partition coefficient (Wildman–Crippen LogP) is 5.74. The van der Waals surface area contributed by atoms with E-state index in [0.717, 1.165) is 27.8 Å². The summed E-state index contributed by atoms with van der Waals surface area (Å²) in [5.74, 6) is 0.849. The number of halogens is 2. The van der Waals surface area contributed by atoms with E-state index in [1.165, 1.54) is 5.56 Å². The van der Waals surface area contributed by atoms with Crippen molar-refractivity contribution in [2.75, 3.05) is 6.61 Å². The van der Waals surface area contributed by atoms with Gasteiger partial charge in [0.2, 0.25) is 0 Å². The second-order valence-corrected chi connectivity index (χ2v) is 5.88. The number of rotatable bonds is 5. The molecule has 0 aliphatic carbocycles. The monoisotopic (exact) mass is 352 g/mol. The van der Waals surface area contributed by atoms with Crippen LogP contribution in [0.5, 0.6) is 5.75 Å². The predicted molar refractivity (Wildman–Crippen MR) is 88.8 cm³/mol. The Kier molecular flexibility index (Phi) is 5.50. The van der Waals surface area contributed by atoms with Crippen molar-refractivity contribution in [3.05, 3.63) is 63.6 Å². The summed E-state index contributed by atoms with van der Waals surface area (Å²) in [6.45, 7) is 4.76. The van der Waals surface area contributed by atoms with Crippen LogP contribution in [0.15, 0.2) is 46.9 Å². The van der Waals surface area contributed by atoms with Crippen LogP contribution in [0.3, 0.4) is 0 Å². The van der Waals surface area contributed by atoms with Gasteiger partial charge in [-0.15, -0.1) is 11.6 Å². The Bertz CT molecular complexity index is 583. The van der Waals surface area contributed by atoms with Gasteiger partial charge in [0.15, 0.2) is 0 Å². The van der Waals surface area contributed by atoms with Crippen LogP contribution < -0.4 is 4.74 Å². The minimum atomic E-state index is -0.204. The van der Waals surface area contributed by atoms with E-state index >= 15 is 0 Å². The van der Waals surface area contributed by atoms with Gasteiger partial charge >= 0.3 is 0 Å². The Morgan fingerprint density at radius 1 is 1.10 bits per heavy atom. The first-order valence-electron chi connectivity index (χ1n) is 6.81. The fourth-order valence-electron chi connectivity index (χ4n) is 2.28. The van der Waals surface area contributed by atoms with Crippen LogP contribution in [-0.4, -0.2) is 6.61 Å². The molecular formula is C17H18BrClO. The van der Waals surface area contributed by atoms with Crippen LogP contribution in [0.1, 0.15) is 35.9 Å². The third-order valence-corrected chi connectivity index (χ3v) is 4.22. The minimum Gasteiger partial charge on any atom is -0.494 e. The molecule has 0 saturated carbocycles. The molecule has 2 rings (SSSR count). The van der Waals surface area contributed by atoms with Gasteiger partial charge in [0.05, 0.1) is 12.0 Å². The zero-order chi connectivity index (χ0) is 14.5. The SMILES string of the molecule is CCOc1ccc(Br)cc1C(Cl)c1ccccc1CC. The maximum Gasteiger partial charge on any atom is 0.124 e. The van der Waals surface area contributed by atoms with Crippen LogP contribution in [-0.2, 0) is 6.42 Å². The van der Waals surface area contributed by atoms with Crippen LogP contribution >= 0.6 is 27.5 Å². The van der Waals surface area contributed by atoms with Crippen LogP contribution in [0.2, 0.25) is 0 Å². The molecule has 2 aromatic rings. The van der Waals surface area contributed by atoms with E-state index in [9.17, 15) is 0 Å². The molecule has 0 amide bonds. The summed E-state index contributed by atoms with van der Waals surface area (Å²) in [5, 5.41) is -0.204. The molecule has 0 heterocycles. The van der Waals surface area contributed by atoms with Crippen molar-refractivity contribution in [3.8, 4) is 5.75 Å². The average Bonchev–Trinajstić information content (AvgIpc) is 2.48. The zero-order valence-corrected chi connectivity index (χ0v) is 14.0. The molecule has 0 N–H and O–H groups in total. The normalized spacial score (nSPS) is 12.2. The van der Waals surface area contributed by atoms with Crippen molar-refractivity contribution in [3.63, 3.8) is 0 Å². The molecule has 1 unspecified atom stereocenters. The molecule has 0 spiro atoms. The first-order valence-corrected chi connectivity index (χ1v) is 8.04. The van der Waals surface area contributed by atoms with E-state index in [1.807, 2.05) is 31.2 Å². The highest BCUT2D eigenvalue weighted by atomic mass is 79.9. The fraction of sp³-hybridized carbons (Fsp3) is 0.294. The standard InChI is InChI=1S/C17H18BrClO/c1-3-12-7-5-6-8-14(12)17(19)15-11-13(18)9-10-16(15)20-4-2/h5-11,17H,3-4H2,1-2H3. The zero-order valence-electron chi connectivity index (χ0n) is 11.7. The quantitative estimate of drug-likeness (QED) is 0.623.